The van der Waals surface area contributed by atoms with Crippen LogP contribution in [0.4, 0.5) is 5.82 Å². The van der Waals surface area contributed by atoms with Gasteiger partial charge in [-0.05, 0) is 24.5 Å². The van der Waals surface area contributed by atoms with Gasteiger partial charge in [-0.25, -0.2) is 4.98 Å². The molecule has 0 aromatic carbocycles. The maximum atomic E-state index is 13.0. The van der Waals surface area contributed by atoms with Gasteiger partial charge in [0.2, 0.25) is 5.91 Å². The molecule has 29 heavy (non-hydrogen) atoms. The summed E-state index contributed by atoms with van der Waals surface area (Å²) >= 11 is 0. The van der Waals surface area contributed by atoms with Crippen LogP contribution in [0.25, 0.3) is 10.9 Å². The van der Waals surface area contributed by atoms with E-state index < -0.39 is 0 Å². The number of aromatic amines is 1. The molecule has 8 nitrogen and oxygen atoms in total. The summed E-state index contributed by atoms with van der Waals surface area (Å²) in [5, 5.41) is 0.810. The van der Waals surface area contributed by atoms with Crippen LogP contribution in [0.15, 0.2) is 41.8 Å². The van der Waals surface area contributed by atoms with Crippen LogP contribution in [0, 0.1) is 0 Å². The fourth-order valence-corrected chi connectivity index (χ4v) is 3.60. The number of aromatic nitrogens is 4. The Labute approximate surface area is 171 Å². The highest BCUT2D eigenvalue weighted by molar-refractivity contribution is 5.88. The van der Waals surface area contributed by atoms with Gasteiger partial charge < -0.3 is 19.4 Å². The molecule has 156 valence electrons. The van der Waals surface area contributed by atoms with Gasteiger partial charge in [-0.2, -0.15) is 0 Å². The summed E-state index contributed by atoms with van der Waals surface area (Å²) in [6.45, 7) is 2.87. The Morgan fingerprint density at radius 1 is 1.34 bits per heavy atom. The van der Waals surface area contributed by atoms with E-state index in [0.717, 1.165) is 36.2 Å². The van der Waals surface area contributed by atoms with E-state index in [0.29, 0.717) is 5.52 Å². The standard InChI is InChI=1S/C21H28N6O2.H2/c1-5-16(7-11-25(2)18-13-22-9-10-23-18)27(4)19(28)12-15-14-26(3)21(29)20-17(15)6-8-24-20;/h6,8-10,13-14,16,24H,5,7,11-12H2,1-4H3;1H. The van der Waals surface area contributed by atoms with Gasteiger partial charge in [0.25, 0.3) is 5.56 Å². The zero-order valence-corrected chi connectivity index (χ0v) is 17.4. The van der Waals surface area contributed by atoms with Crippen molar-refractivity contribution in [1.29, 1.82) is 0 Å². The fourth-order valence-electron chi connectivity index (χ4n) is 3.60. The average Bonchev–Trinajstić information content (AvgIpc) is 3.23. The lowest BCUT2D eigenvalue weighted by atomic mass is 10.1. The van der Waals surface area contributed by atoms with E-state index in [1.807, 2.05) is 30.0 Å². The van der Waals surface area contributed by atoms with Crippen molar-refractivity contribution in [2.45, 2.75) is 32.2 Å². The Bertz CT molecular complexity index is 1030. The van der Waals surface area contributed by atoms with Crippen molar-refractivity contribution < 1.29 is 6.22 Å². The lowest BCUT2D eigenvalue weighted by Crippen LogP contribution is -2.40. The monoisotopic (exact) mass is 398 g/mol. The molecule has 3 aromatic rings. The summed E-state index contributed by atoms with van der Waals surface area (Å²) in [5.74, 6) is 0.858. The van der Waals surface area contributed by atoms with Crippen LogP contribution >= 0.6 is 0 Å². The second-order valence-corrected chi connectivity index (χ2v) is 7.35. The molecule has 0 spiro atoms. The molecular formula is C21H30N6O2. The van der Waals surface area contributed by atoms with Crippen molar-refractivity contribution in [3.05, 3.63) is 53.0 Å². The summed E-state index contributed by atoms with van der Waals surface area (Å²) in [7, 11) is 5.54. The van der Waals surface area contributed by atoms with Crippen LogP contribution in [0.1, 0.15) is 26.8 Å². The molecule has 0 saturated carbocycles. The van der Waals surface area contributed by atoms with Crippen molar-refractivity contribution in [2.24, 2.45) is 7.05 Å². The van der Waals surface area contributed by atoms with E-state index >= 15 is 0 Å². The Hall–Kier alpha value is -3.16. The van der Waals surface area contributed by atoms with Crippen molar-refractivity contribution in [3.8, 4) is 0 Å². The third-order valence-electron chi connectivity index (χ3n) is 5.47. The molecule has 0 saturated heterocycles. The Balaban J connectivity index is 0.00000320. The molecule has 1 amide bonds. The van der Waals surface area contributed by atoms with Crippen LogP contribution in [-0.4, -0.2) is 57.0 Å². The Morgan fingerprint density at radius 3 is 2.83 bits per heavy atom. The Kier molecular flexibility index (Phi) is 6.31. The number of likely N-dealkylation sites (N-methyl/N-ethyl adjacent to an activating group) is 1. The highest BCUT2D eigenvalue weighted by Crippen LogP contribution is 2.17. The number of anilines is 1. The summed E-state index contributed by atoms with van der Waals surface area (Å²) in [6, 6.07) is 1.97. The largest absolute Gasteiger partial charge is 0.358 e. The molecule has 1 unspecified atom stereocenters. The van der Waals surface area contributed by atoms with Gasteiger partial charge in [-0.1, -0.05) is 6.92 Å². The van der Waals surface area contributed by atoms with Crippen LogP contribution < -0.4 is 10.5 Å². The summed E-state index contributed by atoms with van der Waals surface area (Å²) in [5.41, 5.74) is 1.30. The molecule has 0 fully saturated rings. The van der Waals surface area contributed by atoms with Crippen LogP contribution in [0.2, 0.25) is 0 Å². The van der Waals surface area contributed by atoms with Crippen molar-refractivity contribution in [3.63, 3.8) is 0 Å². The van der Waals surface area contributed by atoms with Gasteiger partial charge in [0, 0.05) is 65.3 Å². The van der Waals surface area contributed by atoms with E-state index in [1.165, 1.54) is 4.57 Å². The number of rotatable bonds is 8. The van der Waals surface area contributed by atoms with Gasteiger partial charge in [-0.15, -0.1) is 0 Å². The molecule has 0 aliphatic heterocycles. The molecular weight excluding hydrogens is 368 g/mol. The van der Waals surface area contributed by atoms with E-state index in [4.69, 9.17) is 0 Å². The average molecular weight is 399 g/mol. The Morgan fingerprint density at radius 2 is 2.14 bits per heavy atom. The molecule has 1 N–H and O–H groups in total. The van der Waals surface area contributed by atoms with E-state index in [-0.39, 0.29) is 25.4 Å². The first kappa shape index (κ1) is 20.6. The molecule has 1 atom stereocenters. The SMILES string of the molecule is CCC(CCN(C)c1cnccn1)N(C)C(=O)Cc1cn(C)c(=O)c2[nH]ccc12.[HH]. The minimum absolute atomic E-state index is 0. The maximum absolute atomic E-state index is 13.0. The van der Waals surface area contributed by atoms with E-state index in [1.54, 1.807) is 38.0 Å². The number of nitrogens with one attached hydrogen (secondary N) is 1. The van der Waals surface area contributed by atoms with Gasteiger partial charge in [0.05, 0.1) is 12.6 Å². The molecule has 3 heterocycles. The second-order valence-electron chi connectivity index (χ2n) is 7.35. The van der Waals surface area contributed by atoms with Crippen molar-refractivity contribution >= 4 is 22.6 Å². The third kappa shape index (κ3) is 4.47. The van der Waals surface area contributed by atoms with Crippen molar-refractivity contribution in [2.75, 3.05) is 25.5 Å². The molecule has 3 rings (SSSR count). The minimum atomic E-state index is -0.0898. The number of carbonyl (C=O) groups excluding carboxylic acids is 1. The van der Waals surface area contributed by atoms with Crippen LogP contribution in [0.3, 0.4) is 0 Å². The number of nitrogens with zero attached hydrogens (tertiary/aromatic N) is 5. The first-order chi connectivity index (χ1) is 13.9. The molecule has 0 aliphatic carbocycles. The number of fused-ring (bicyclic) bond motifs is 1. The second kappa shape index (κ2) is 8.89. The van der Waals surface area contributed by atoms with Gasteiger partial charge >= 0.3 is 0 Å². The number of H-pyrrole nitrogens is 1. The van der Waals surface area contributed by atoms with E-state index in [2.05, 4.69) is 21.9 Å². The lowest BCUT2D eigenvalue weighted by Gasteiger charge is -2.29. The number of amides is 1. The lowest BCUT2D eigenvalue weighted by molar-refractivity contribution is -0.131. The molecule has 0 radical (unpaired) electrons. The number of aryl methyl sites for hydroxylation is 1. The van der Waals surface area contributed by atoms with Gasteiger partial charge in [0.1, 0.15) is 11.3 Å². The normalized spacial score (nSPS) is 12.1. The molecule has 0 aliphatic rings. The zero-order chi connectivity index (χ0) is 21.0. The summed E-state index contributed by atoms with van der Waals surface area (Å²) < 4.78 is 1.52. The van der Waals surface area contributed by atoms with Gasteiger partial charge in [-0.3, -0.25) is 14.6 Å². The zero-order valence-electron chi connectivity index (χ0n) is 17.4. The highest BCUT2D eigenvalue weighted by atomic mass is 16.2. The predicted octanol–water partition coefficient (Wildman–Crippen LogP) is 2.21. The van der Waals surface area contributed by atoms with Crippen LogP contribution in [-0.2, 0) is 18.3 Å². The quantitative estimate of drug-likeness (QED) is 0.629. The van der Waals surface area contributed by atoms with E-state index in [9.17, 15) is 9.59 Å². The maximum Gasteiger partial charge on any atom is 0.274 e. The summed E-state index contributed by atoms with van der Waals surface area (Å²) in [6.07, 6.45) is 10.5. The number of hydrogen-bond acceptors (Lipinski definition) is 5. The first-order valence-corrected chi connectivity index (χ1v) is 9.80. The third-order valence-corrected chi connectivity index (χ3v) is 5.47. The summed E-state index contributed by atoms with van der Waals surface area (Å²) in [4.78, 5) is 40.4. The predicted molar refractivity (Wildman–Crippen MR) is 116 cm³/mol. The van der Waals surface area contributed by atoms with Gasteiger partial charge in [0.15, 0.2) is 0 Å². The minimum Gasteiger partial charge on any atom is -0.358 e. The number of pyridine rings is 1. The first-order valence-electron chi connectivity index (χ1n) is 9.80. The molecule has 8 heteroatoms. The van der Waals surface area contributed by atoms with Crippen molar-refractivity contribution in [1.82, 2.24) is 24.4 Å². The highest BCUT2D eigenvalue weighted by Gasteiger charge is 2.21. The fraction of sp³-hybridized carbons (Fsp3) is 0.429. The number of carbonyl (C=O) groups is 1. The smallest absolute Gasteiger partial charge is 0.274 e. The molecule has 3 aromatic heterocycles. The topological polar surface area (TPSA) is 87.1 Å². The van der Waals surface area contributed by atoms with Crippen LogP contribution in [0.5, 0.6) is 0 Å². The molecule has 0 bridgehead atoms. The number of hydrogen-bond donors (Lipinski definition) is 1.